The molecule has 0 aliphatic carbocycles. The van der Waals surface area contributed by atoms with Gasteiger partial charge in [0.25, 0.3) is 6.43 Å². The Labute approximate surface area is 72.8 Å². The van der Waals surface area contributed by atoms with E-state index in [4.69, 9.17) is 10.8 Å². The highest BCUT2D eigenvalue weighted by Gasteiger charge is 2.20. The number of phenolic OH excluding ortho intramolecular Hbond substituents is 1. The maximum atomic E-state index is 12.9. The van der Waals surface area contributed by atoms with Crippen LogP contribution in [0.25, 0.3) is 0 Å². The Kier molecular flexibility index (Phi) is 2.77. The smallest absolute Gasteiger partial charge is 0.257 e. The van der Waals surface area contributed by atoms with E-state index in [-0.39, 0.29) is 11.3 Å². The van der Waals surface area contributed by atoms with Gasteiger partial charge in [-0.15, -0.1) is 0 Å². The van der Waals surface area contributed by atoms with E-state index >= 15 is 0 Å². The van der Waals surface area contributed by atoms with E-state index in [0.717, 1.165) is 18.2 Å². The van der Waals surface area contributed by atoms with E-state index in [1.165, 1.54) is 0 Å². The van der Waals surface area contributed by atoms with Gasteiger partial charge in [-0.3, -0.25) is 0 Å². The summed E-state index contributed by atoms with van der Waals surface area (Å²) in [7, 11) is 0. The lowest BCUT2D eigenvalue weighted by molar-refractivity contribution is 0.114. The zero-order valence-corrected chi connectivity index (χ0v) is 6.55. The normalized spacial score (nSPS) is 13.3. The van der Waals surface area contributed by atoms with Gasteiger partial charge in [0.1, 0.15) is 11.6 Å². The molecule has 0 saturated heterocycles. The number of nitrogens with two attached hydrogens (primary N) is 1. The molecule has 2 nitrogen and oxygen atoms in total. The minimum absolute atomic E-state index is 0.298. The highest BCUT2D eigenvalue weighted by molar-refractivity contribution is 5.29. The maximum Gasteiger partial charge on any atom is 0.257 e. The average Bonchev–Trinajstić information content (AvgIpc) is 2.03. The first-order chi connectivity index (χ1) is 6.02. The lowest BCUT2D eigenvalue weighted by atomic mass is 10.1. The molecule has 0 spiro atoms. The van der Waals surface area contributed by atoms with Gasteiger partial charge in [-0.05, 0) is 6.07 Å². The number of halogens is 3. The van der Waals surface area contributed by atoms with Crippen LogP contribution in [0, 0.1) is 5.82 Å². The van der Waals surface area contributed by atoms with Crippen molar-refractivity contribution in [3.8, 4) is 5.75 Å². The van der Waals surface area contributed by atoms with Gasteiger partial charge >= 0.3 is 0 Å². The minimum Gasteiger partial charge on any atom is -0.508 e. The molecule has 5 heteroatoms. The number of alkyl halides is 2. The number of benzene rings is 1. The monoisotopic (exact) mass is 191 g/mol. The molecular formula is C8H8F3NO. The Morgan fingerprint density at radius 1 is 1.31 bits per heavy atom. The predicted molar refractivity (Wildman–Crippen MR) is 41.0 cm³/mol. The molecule has 0 bridgehead atoms. The topological polar surface area (TPSA) is 46.2 Å². The van der Waals surface area contributed by atoms with Gasteiger partial charge in [-0.2, -0.15) is 0 Å². The Hall–Kier alpha value is -1.23. The third-order valence-corrected chi connectivity index (χ3v) is 1.61. The van der Waals surface area contributed by atoms with Crippen molar-refractivity contribution in [3.05, 3.63) is 29.6 Å². The summed E-state index contributed by atoms with van der Waals surface area (Å²) in [5, 5.41) is 8.79. The van der Waals surface area contributed by atoms with E-state index in [0.29, 0.717) is 0 Å². The first-order valence-electron chi connectivity index (χ1n) is 3.54. The highest BCUT2D eigenvalue weighted by atomic mass is 19.3. The van der Waals surface area contributed by atoms with Gasteiger partial charge in [0.2, 0.25) is 0 Å². The summed E-state index contributed by atoms with van der Waals surface area (Å²) < 4.78 is 37.0. The zero-order chi connectivity index (χ0) is 10.0. The molecule has 0 aliphatic heterocycles. The fraction of sp³-hybridized carbons (Fsp3) is 0.250. The van der Waals surface area contributed by atoms with Crippen LogP contribution in [0.4, 0.5) is 13.2 Å². The van der Waals surface area contributed by atoms with Crippen LogP contribution < -0.4 is 5.73 Å². The van der Waals surface area contributed by atoms with Crippen LogP contribution in [0.3, 0.4) is 0 Å². The fourth-order valence-electron chi connectivity index (χ4n) is 0.922. The average molecular weight is 191 g/mol. The third kappa shape index (κ3) is 2.12. The number of hydrogen-bond acceptors (Lipinski definition) is 2. The van der Waals surface area contributed by atoms with E-state index < -0.39 is 18.3 Å². The van der Waals surface area contributed by atoms with Crippen molar-refractivity contribution < 1.29 is 18.3 Å². The minimum atomic E-state index is -2.82. The van der Waals surface area contributed by atoms with Crippen molar-refractivity contribution in [2.24, 2.45) is 5.73 Å². The van der Waals surface area contributed by atoms with Gasteiger partial charge in [0, 0.05) is 11.6 Å². The number of aromatic hydroxyl groups is 1. The summed E-state index contributed by atoms with van der Waals surface area (Å²) >= 11 is 0. The Balaban J connectivity index is 3.01. The Morgan fingerprint density at radius 3 is 2.38 bits per heavy atom. The molecule has 13 heavy (non-hydrogen) atoms. The first-order valence-corrected chi connectivity index (χ1v) is 3.54. The standard InChI is InChI=1S/C8H8F3NO/c9-6-3-4(13)1-2-5(6)7(12)8(10)11/h1-3,7-8,13H,12H2/t7-/m0/s1. The Bertz CT molecular complexity index is 303. The van der Waals surface area contributed by atoms with E-state index in [1.807, 2.05) is 0 Å². The van der Waals surface area contributed by atoms with Crippen molar-refractivity contribution in [2.45, 2.75) is 12.5 Å². The summed E-state index contributed by atoms with van der Waals surface area (Å²) in [5.41, 5.74) is 4.72. The molecule has 0 unspecified atom stereocenters. The first kappa shape index (κ1) is 9.85. The number of hydrogen-bond donors (Lipinski definition) is 2. The number of phenols is 1. The quantitative estimate of drug-likeness (QED) is 0.748. The van der Waals surface area contributed by atoms with Crippen LogP contribution in [0.15, 0.2) is 18.2 Å². The summed E-state index contributed by atoms with van der Waals surface area (Å²) in [6, 6.07) is 1.25. The van der Waals surface area contributed by atoms with Crippen molar-refractivity contribution in [1.29, 1.82) is 0 Å². The van der Waals surface area contributed by atoms with Crippen LogP contribution in [0.5, 0.6) is 5.75 Å². The molecule has 1 aromatic carbocycles. The van der Waals surface area contributed by atoms with Crippen molar-refractivity contribution >= 4 is 0 Å². The molecule has 0 aromatic heterocycles. The molecule has 0 fully saturated rings. The molecule has 1 rings (SSSR count). The lowest BCUT2D eigenvalue weighted by Crippen LogP contribution is -2.20. The largest absolute Gasteiger partial charge is 0.508 e. The molecule has 1 aromatic rings. The molecule has 0 radical (unpaired) electrons. The summed E-state index contributed by atoms with van der Waals surface area (Å²) in [5.74, 6) is -1.24. The molecule has 3 N–H and O–H groups in total. The summed E-state index contributed by atoms with van der Waals surface area (Å²) in [6.45, 7) is 0. The van der Waals surface area contributed by atoms with Gasteiger partial charge in [0.05, 0.1) is 6.04 Å². The second-order valence-corrected chi connectivity index (χ2v) is 2.57. The molecule has 1 atom stereocenters. The fourth-order valence-corrected chi connectivity index (χ4v) is 0.922. The van der Waals surface area contributed by atoms with Crippen LogP contribution in [-0.2, 0) is 0 Å². The molecule has 0 heterocycles. The maximum absolute atomic E-state index is 12.9. The van der Waals surface area contributed by atoms with Gasteiger partial charge in [-0.25, -0.2) is 13.2 Å². The van der Waals surface area contributed by atoms with Crippen molar-refractivity contribution in [2.75, 3.05) is 0 Å². The molecule has 0 amide bonds. The second-order valence-electron chi connectivity index (χ2n) is 2.57. The Morgan fingerprint density at radius 2 is 1.92 bits per heavy atom. The van der Waals surface area contributed by atoms with Crippen LogP contribution in [0.2, 0.25) is 0 Å². The summed E-state index contributed by atoms with van der Waals surface area (Å²) in [4.78, 5) is 0. The van der Waals surface area contributed by atoms with E-state index in [1.54, 1.807) is 0 Å². The third-order valence-electron chi connectivity index (χ3n) is 1.61. The van der Waals surface area contributed by atoms with Gasteiger partial charge in [-0.1, -0.05) is 6.07 Å². The van der Waals surface area contributed by atoms with Gasteiger partial charge < -0.3 is 10.8 Å². The zero-order valence-electron chi connectivity index (χ0n) is 6.55. The lowest BCUT2D eigenvalue weighted by Gasteiger charge is -2.11. The van der Waals surface area contributed by atoms with Crippen LogP contribution in [0.1, 0.15) is 11.6 Å². The van der Waals surface area contributed by atoms with E-state index in [2.05, 4.69) is 0 Å². The molecular weight excluding hydrogens is 183 g/mol. The van der Waals surface area contributed by atoms with E-state index in [9.17, 15) is 13.2 Å². The van der Waals surface area contributed by atoms with Crippen molar-refractivity contribution in [1.82, 2.24) is 0 Å². The van der Waals surface area contributed by atoms with Crippen LogP contribution >= 0.6 is 0 Å². The van der Waals surface area contributed by atoms with Crippen LogP contribution in [-0.4, -0.2) is 11.5 Å². The highest BCUT2D eigenvalue weighted by Crippen LogP contribution is 2.23. The van der Waals surface area contributed by atoms with Gasteiger partial charge in [0.15, 0.2) is 0 Å². The summed E-state index contributed by atoms with van der Waals surface area (Å²) in [6.07, 6.45) is -2.82. The predicted octanol–water partition coefficient (Wildman–Crippen LogP) is 1.80. The SMILES string of the molecule is N[C@@H](c1ccc(O)cc1F)C(F)F. The molecule has 0 aliphatic rings. The second kappa shape index (κ2) is 3.66. The molecule has 72 valence electrons. The number of rotatable bonds is 2. The van der Waals surface area contributed by atoms with Crippen molar-refractivity contribution in [3.63, 3.8) is 0 Å². The molecule has 0 saturated carbocycles.